The number of hydrogen-bond donors (Lipinski definition) is 2. The first kappa shape index (κ1) is 15.0. The maximum absolute atomic E-state index is 13.2. The molecule has 3 nitrogen and oxygen atoms in total. The Labute approximate surface area is 119 Å². The summed E-state index contributed by atoms with van der Waals surface area (Å²) in [6, 6.07) is 6.42. The fraction of sp³-hybridized carbons (Fsp3) is 0.562. The molecular weight excluding hydrogens is 257 g/mol. The molecule has 20 heavy (non-hydrogen) atoms. The van der Waals surface area contributed by atoms with Gasteiger partial charge in [-0.15, -0.1) is 0 Å². The summed E-state index contributed by atoms with van der Waals surface area (Å²) in [7, 11) is 0. The van der Waals surface area contributed by atoms with Crippen molar-refractivity contribution in [3.63, 3.8) is 0 Å². The summed E-state index contributed by atoms with van der Waals surface area (Å²) >= 11 is 0. The molecule has 4 heteroatoms. The monoisotopic (exact) mass is 279 g/mol. The van der Waals surface area contributed by atoms with Crippen LogP contribution in [0.2, 0.25) is 0 Å². The largest absolute Gasteiger partial charge is 0.480 e. The van der Waals surface area contributed by atoms with Gasteiger partial charge in [-0.25, -0.2) is 4.39 Å². The van der Waals surface area contributed by atoms with E-state index in [1.165, 1.54) is 18.6 Å². The van der Waals surface area contributed by atoms with Crippen molar-refractivity contribution in [2.75, 3.05) is 0 Å². The van der Waals surface area contributed by atoms with Gasteiger partial charge in [-0.1, -0.05) is 31.4 Å². The van der Waals surface area contributed by atoms with E-state index >= 15 is 0 Å². The normalized spacial score (nSPS) is 19.5. The predicted molar refractivity (Wildman–Crippen MR) is 76.2 cm³/mol. The van der Waals surface area contributed by atoms with Crippen LogP contribution < -0.4 is 5.32 Å². The van der Waals surface area contributed by atoms with E-state index in [0.717, 1.165) is 25.7 Å². The molecule has 0 bridgehead atoms. The summed E-state index contributed by atoms with van der Waals surface area (Å²) in [4.78, 5) is 11.6. The van der Waals surface area contributed by atoms with Gasteiger partial charge in [-0.2, -0.15) is 0 Å². The number of carboxylic acid groups (broad SMARTS) is 1. The van der Waals surface area contributed by atoms with Gasteiger partial charge in [-0.3, -0.25) is 10.1 Å². The first-order valence-corrected chi connectivity index (χ1v) is 7.25. The second-order valence-electron chi connectivity index (χ2n) is 5.92. The minimum absolute atomic E-state index is 0.249. The molecule has 0 amide bonds. The Morgan fingerprint density at radius 1 is 1.40 bits per heavy atom. The van der Waals surface area contributed by atoms with Crippen LogP contribution in [0.15, 0.2) is 24.3 Å². The van der Waals surface area contributed by atoms with Gasteiger partial charge in [0.2, 0.25) is 0 Å². The van der Waals surface area contributed by atoms with Gasteiger partial charge in [0.15, 0.2) is 0 Å². The molecule has 110 valence electrons. The van der Waals surface area contributed by atoms with Crippen molar-refractivity contribution in [1.82, 2.24) is 5.32 Å². The number of aliphatic carboxylic acids is 1. The number of hydrogen-bond acceptors (Lipinski definition) is 2. The number of benzene rings is 1. The fourth-order valence-corrected chi connectivity index (χ4v) is 2.94. The summed E-state index contributed by atoms with van der Waals surface area (Å²) < 4.78 is 13.2. The van der Waals surface area contributed by atoms with E-state index in [4.69, 9.17) is 0 Å². The van der Waals surface area contributed by atoms with Gasteiger partial charge < -0.3 is 5.11 Å². The zero-order valence-electron chi connectivity index (χ0n) is 11.9. The van der Waals surface area contributed by atoms with Crippen LogP contribution >= 0.6 is 0 Å². The number of rotatable bonds is 5. The van der Waals surface area contributed by atoms with Crippen LogP contribution in [0.3, 0.4) is 0 Å². The van der Waals surface area contributed by atoms with E-state index in [1.807, 2.05) is 0 Å². The summed E-state index contributed by atoms with van der Waals surface area (Å²) in [5.41, 5.74) is -0.339. The van der Waals surface area contributed by atoms with Gasteiger partial charge >= 0.3 is 5.97 Å². The van der Waals surface area contributed by atoms with Crippen LogP contribution in [-0.4, -0.2) is 22.7 Å². The Morgan fingerprint density at radius 3 is 2.70 bits per heavy atom. The lowest BCUT2D eigenvalue weighted by Crippen LogP contribution is -2.55. The fourth-order valence-electron chi connectivity index (χ4n) is 2.94. The first-order valence-electron chi connectivity index (χ1n) is 7.25. The lowest BCUT2D eigenvalue weighted by atomic mass is 9.88. The summed E-state index contributed by atoms with van der Waals surface area (Å²) in [6.07, 6.45) is 5.85. The standard InChI is InChI=1S/C16H22FNO2/c1-16(15(19)20,18-14-8-3-2-4-9-14)11-12-6-5-7-13(17)10-12/h5-7,10,14,18H,2-4,8-9,11H2,1H3,(H,19,20). The average Bonchev–Trinajstić information content (AvgIpc) is 2.39. The highest BCUT2D eigenvalue weighted by Gasteiger charge is 2.35. The summed E-state index contributed by atoms with van der Waals surface area (Å²) in [5.74, 6) is -1.21. The first-order chi connectivity index (χ1) is 9.49. The molecule has 1 aliphatic rings. The molecule has 1 atom stereocenters. The smallest absolute Gasteiger partial charge is 0.323 e. The molecule has 0 saturated heterocycles. The molecule has 0 aliphatic heterocycles. The zero-order valence-corrected chi connectivity index (χ0v) is 11.9. The Hall–Kier alpha value is -1.42. The molecule has 0 heterocycles. The van der Waals surface area contributed by atoms with Crippen LogP contribution in [0.25, 0.3) is 0 Å². The van der Waals surface area contributed by atoms with Crippen molar-refractivity contribution in [2.45, 2.75) is 57.0 Å². The summed E-state index contributed by atoms with van der Waals surface area (Å²) in [6.45, 7) is 1.69. The van der Waals surface area contributed by atoms with E-state index in [-0.39, 0.29) is 18.3 Å². The molecule has 0 aromatic heterocycles. The van der Waals surface area contributed by atoms with Crippen LogP contribution in [0.5, 0.6) is 0 Å². The Bertz CT molecular complexity index is 471. The molecule has 0 radical (unpaired) electrons. The topological polar surface area (TPSA) is 49.3 Å². The van der Waals surface area contributed by atoms with Crippen LogP contribution in [0.1, 0.15) is 44.6 Å². The van der Waals surface area contributed by atoms with E-state index in [0.29, 0.717) is 5.56 Å². The van der Waals surface area contributed by atoms with E-state index in [1.54, 1.807) is 19.1 Å². The van der Waals surface area contributed by atoms with Crippen molar-refractivity contribution in [2.24, 2.45) is 0 Å². The second-order valence-corrected chi connectivity index (χ2v) is 5.92. The maximum Gasteiger partial charge on any atom is 0.323 e. The highest BCUT2D eigenvalue weighted by molar-refractivity contribution is 5.78. The molecular formula is C16H22FNO2. The highest BCUT2D eigenvalue weighted by atomic mass is 19.1. The molecule has 1 aliphatic carbocycles. The molecule has 1 saturated carbocycles. The quantitative estimate of drug-likeness (QED) is 0.870. The molecule has 1 fully saturated rings. The maximum atomic E-state index is 13.2. The van der Waals surface area contributed by atoms with E-state index in [2.05, 4.69) is 5.32 Å². The zero-order chi connectivity index (χ0) is 14.6. The third-order valence-electron chi connectivity index (χ3n) is 4.05. The molecule has 2 N–H and O–H groups in total. The van der Waals surface area contributed by atoms with Crippen molar-refractivity contribution < 1.29 is 14.3 Å². The lowest BCUT2D eigenvalue weighted by Gasteiger charge is -2.33. The van der Waals surface area contributed by atoms with Crippen LogP contribution in [0, 0.1) is 5.82 Å². The van der Waals surface area contributed by atoms with Crippen molar-refractivity contribution in [3.8, 4) is 0 Å². The molecule has 1 unspecified atom stereocenters. The average molecular weight is 279 g/mol. The predicted octanol–water partition coefficient (Wildman–Crippen LogP) is 3.13. The number of halogens is 1. The van der Waals surface area contributed by atoms with Gasteiger partial charge in [0.1, 0.15) is 11.4 Å². The molecule has 2 rings (SSSR count). The molecule has 0 spiro atoms. The van der Waals surface area contributed by atoms with Crippen molar-refractivity contribution >= 4 is 5.97 Å². The summed E-state index contributed by atoms with van der Waals surface area (Å²) in [5, 5.41) is 12.8. The highest BCUT2D eigenvalue weighted by Crippen LogP contribution is 2.22. The van der Waals surface area contributed by atoms with Crippen LogP contribution in [0.4, 0.5) is 4.39 Å². The van der Waals surface area contributed by atoms with Gasteiger partial charge in [-0.05, 0) is 37.5 Å². The Balaban J connectivity index is 2.10. The third kappa shape index (κ3) is 3.79. The minimum atomic E-state index is -1.05. The lowest BCUT2D eigenvalue weighted by molar-refractivity contribution is -0.144. The SMILES string of the molecule is CC(Cc1cccc(F)c1)(NC1CCCCC1)C(=O)O. The van der Waals surface area contributed by atoms with Gasteiger partial charge in [0.05, 0.1) is 0 Å². The van der Waals surface area contributed by atoms with Crippen molar-refractivity contribution in [1.29, 1.82) is 0 Å². The Morgan fingerprint density at radius 2 is 2.10 bits per heavy atom. The number of carbonyl (C=O) groups is 1. The van der Waals surface area contributed by atoms with Crippen molar-refractivity contribution in [3.05, 3.63) is 35.6 Å². The minimum Gasteiger partial charge on any atom is -0.480 e. The second kappa shape index (κ2) is 6.35. The van der Waals surface area contributed by atoms with E-state index in [9.17, 15) is 14.3 Å². The van der Waals surface area contributed by atoms with Gasteiger partial charge in [0.25, 0.3) is 0 Å². The molecule has 1 aromatic carbocycles. The number of nitrogens with one attached hydrogen (secondary N) is 1. The third-order valence-corrected chi connectivity index (χ3v) is 4.05. The van der Waals surface area contributed by atoms with Crippen LogP contribution in [-0.2, 0) is 11.2 Å². The van der Waals surface area contributed by atoms with E-state index < -0.39 is 11.5 Å². The number of carboxylic acids is 1. The van der Waals surface area contributed by atoms with Gasteiger partial charge in [0, 0.05) is 12.5 Å². The Kier molecular flexibility index (Phi) is 4.76. The molecule has 1 aromatic rings.